The third kappa shape index (κ3) is 5.80. The van der Waals surface area contributed by atoms with Gasteiger partial charge in [-0.1, -0.05) is 17.8 Å². The van der Waals surface area contributed by atoms with Crippen molar-refractivity contribution in [3.05, 3.63) is 66.2 Å². The molecule has 2 aromatic carbocycles. The van der Waals surface area contributed by atoms with Crippen molar-refractivity contribution >= 4 is 22.1 Å². The van der Waals surface area contributed by atoms with E-state index in [0.717, 1.165) is 20.9 Å². The molecule has 0 radical (unpaired) electrons. The Balaban J connectivity index is 1.89. The molecule has 0 saturated heterocycles. The van der Waals surface area contributed by atoms with Crippen molar-refractivity contribution in [2.75, 3.05) is 0 Å². The molecule has 1 heterocycles. The highest BCUT2D eigenvalue weighted by atomic mass is 32.2. The molecule has 0 bridgehead atoms. The number of nitriles is 1. The summed E-state index contributed by atoms with van der Waals surface area (Å²) in [5, 5.41) is 18.6. The molecule has 0 saturated carbocycles. The summed E-state index contributed by atoms with van der Waals surface area (Å²) in [5.74, 6) is 0.142. The molecule has 0 aliphatic heterocycles. The van der Waals surface area contributed by atoms with E-state index in [1.54, 1.807) is 23.1 Å². The molecule has 0 aliphatic carbocycles. The predicted octanol–water partition coefficient (Wildman–Crippen LogP) is 2.86. The van der Waals surface area contributed by atoms with E-state index in [1.165, 1.54) is 30.2 Å². The molecule has 3 aromatic rings. The van der Waals surface area contributed by atoms with Crippen LogP contribution in [0.15, 0.2) is 64.9 Å². The number of nitrogens with zero attached hydrogens (tertiary/aromatic N) is 4. The summed E-state index contributed by atoms with van der Waals surface area (Å²) in [6.07, 6.45) is 3.11. The summed E-state index contributed by atoms with van der Waals surface area (Å²) >= 11 is 1.49. The van der Waals surface area contributed by atoms with Crippen LogP contribution >= 0.6 is 11.8 Å². The molecule has 1 aromatic heterocycles. The number of rotatable bonds is 7. The van der Waals surface area contributed by atoms with E-state index >= 15 is 0 Å². The van der Waals surface area contributed by atoms with E-state index in [0.29, 0.717) is 6.54 Å². The van der Waals surface area contributed by atoms with Crippen molar-refractivity contribution in [2.45, 2.75) is 35.6 Å². The third-order valence-electron chi connectivity index (χ3n) is 4.05. The second-order valence-corrected chi connectivity index (χ2v) is 9.14. The third-order valence-corrected chi connectivity index (χ3v) is 5.45. The molecule has 0 fully saturated rings. The highest BCUT2D eigenvalue weighted by molar-refractivity contribution is 7.99. The van der Waals surface area contributed by atoms with Gasteiger partial charge in [0, 0.05) is 9.79 Å². The number of hydrogen-bond donors (Lipinski definition) is 1. The maximum absolute atomic E-state index is 11.0. The minimum atomic E-state index is -4.06. The first-order chi connectivity index (χ1) is 13.6. The molecule has 2 N–H and O–H groups in total. The normalized spacial score (nSPS) is 11.8. The van der Waals surface area contributed by atoms with Gasteiger partial charge in [0.25, 0.3) is 0 Å². The van der Waals surface area contributed by atoms with Crippen LogP contribution in [0.2, 0.25) is 0 Å². The molecule has 10 heteroatoms. The summed E-state index contributed by atoms with van der Waals surface area (Å²) < 4.78 is 28.4. The Labute approximate surface area is 173 Å². The predicted molar refractivity (Wildman–Crippen MR) is 109 cm³/mol. The number of benzene rings is 2. The quantitative estimate of drug-likeness (QED) is 0.612. The van der Waals surface area contributed by atoms with Crippen LogP contribution < -0.4 is 9.32 Å². The smallest absolute Gasteiger partial charge is 0.371 e. The second-order valence-electron chi connectivity index (χ2n) is 6.85. The molecule has 0 aliphatic rings. The summed E-state index contributed by atoms with van der Waals surface area (Å²) in [4.78, 5) is 5.79. The summed E-state index contributed by atoms with van der Waals surface area (Å²) in [6.45, 7) is 4.27. The maximum Gasteiger partial charge on any atom is 0.380 e. The molecule has 150 valence electrons. The van der Waals surface area contributed by atoms with Gasteiger partial charge in [0.1, 0.15) is 18.4 Å². The van der Waals surface area contributed by atoms with Gasteiger partial charge in [-0.25, -0.2) is 9.67 Å². The van der Waals surface area contributed by atoms with E-state index in [2.05, 4.69) is 20.3 Å². The Hall–Kier alpha value is -2.87. The van der Waals surface area contributed by atoms with Crippen molar-refractivity contribution in [3.8, 4) is 11.8 Å². The van der Waals surface area contributed by atoms with Crippen LogP contribution in [0.4, 0.5) is 0 Å². The van der Waals surface area contributed by atoms with Crippen LogP contribution in [0.3, 0.4) is 0 Å². The van der Waals surface area contributed by atoms with Gasteiger partial charge >= 0.3 is 10.3 Å². The molecule has 0 atom stereocenters. The zero-order chi connectivity index (χ0) is 21.1. The fraction of sp³-hybridized carbons (Fsp3) is 0.211. The first-order valence-electron chi connectivity index (χ1n) is 8.53. The SMILES string of the molecule is CC(C)(C#N)c1cc(Cn2cncn2)cc(Sc2ccc(OS(N)(=O)=O)cc2)c1. The number of hydrogen-bond acceptors (Lipinski definition) is 7. The topological polar surface area (TPSA) is 124 Å². The zero-order valence-corrected chi connectivity index (χ0v) is 17.4. The van der Waals surface area contributed by atoms with E-state index in [1.807, 2.05) is 32.0 Å². The molecule has 0 amide bonds. The van der Waals surface area contributed by atoms with Crippen LogP contribution in [-0.4, -0.2) is 23.2 Å². The number of aromatic nitrogens is 3. The van der Waals surface area contributed by atoms with Crippen molar-refractivity contribution < 1.29 is 12.6 Å². The molecule has 0 spiro atoms. The van der Waals surface area contributed by atoms with Crippen molar-refractivity contribution in [1.82, 2.24) is 14.8 Å². The largest absolute Gasteiger partial charge is 0.380 e. The maximum atomic E-state index is 11.0. The van der Waals surface area contributed by atoms with Crippen LogP contribution in [-0.2, 0) is 22.3 Å². The highest BCUT2D eigenvalue weighted by Crippen LogP contribution is 2.34. The Morgan fingerprint density at radius 2 is 1.93 bits per heavy atom. The monoisotopic (exact) mass is 429 g/mol. The average molecular weight is 430 g/mol. The molecular formula is C19H19N5O3S2. The van der Waals surface area contributed by atoms with Gasteiger partial charge < -0.3 is 4.18 Å². The van der Waals surface area contributed by atoms with Gasteiger partial charge in [-0.2, -0.15) is 23.9 Å². The Morgan fingerprint density at radius 1 is 1.21 bits per heavy atom. The molecular weight excluding hydrogens is 410 g/mol. The van der Waals surface area contributed by atoms with Gasteiger partial charge in [-0.05, 0) is 61.4 Å². The minimum Gasteiger partial charge on any atom is -0.371 e. The van der Waals surface area contributed by atoms with Crippen molar-refractivity contribution in [1.29, 1.82) is 5.26 Å². The lowest BCUT2D eigenvalue weighted by atomic mass is 9.85. The second kappa shape index (κ2) is 8.24. The minimum absolute atomic E-state index is 0.142. The summed E-state index contributed by atoms with van der Waals surface area (Å²) in [7, 11) is -4.06. The van der Waals surface area contributed by atoms with Gasteiger partial charge in [0.15, 0.2) is 0 Å². The molecule has 0 unspecified atom stereocenters. The standard InChI is InChI=1S/C19H19N5O3S2/c1-19(2,11-20)15-7-14(10-24-13-22-12-23-24)8-18(9-15)28-17-5-3-16(4-6-17)27-29(21,25)26/h3-9,12-13H,10H2,1-2H3,(H2,21,25,26). The van der Waals surface area contributed by atoms with Gasteiger partial charge in [0.05, 0.1) is 18.0 Å². The van der Waals surface area contributed by atoms with Gasteiger partial charge in [-0.15, -0.1) is 0 Å². The Kier molecular flexibility index (Phi) is 5.93. The van der Waals surface area contributed by atoms with Crippen molar-refractivity contribution in [3.63, 3.8) is 0 Å². The van der Waals surface area contributed by atoms with Crippen LogP contribution in [0.1, 0.15) is 25.0 Å². The van der Waals surface area contributed by atoms with E-state index < -0.39 is 15.7 Å². The van der Waals surface area contributed by atoms with Crippen LogP contribution in [0, 0.1) is 11.3 Å². The van der Waals surface area contributed by atoms with Gasteiger partial charge in [-0.3, -0.25) is 0 Å². The van der Waals surface area contributed by atoms with Gasteiger partial charge in [0.2, 0.25) is 0 Å². The zero-order valence-electron chi connectivity index (χ0n) is 15.8. The molecule has 8 nitrogen and oxygen atoms in total. The lowest BCUT2D eigenvalue weighted by Crippen LogP contribution is -2.18. The highest BCUT2D eigenvalue weighted by Gasteiger charge is 2.21. The van der Waals surface area contributed by atoms with E-state index in [-0.39, 0.29) is 5.75 Å². The lowest BCUT2D eigenvalue weighted by Gasteiger charge is -2.18. The summed E-state index contributed by atoms with van der Waals surface area (Å²) in [6, 6.07) is 14.9. The molecule has 3 rings (SSSR count). The Morgan fingerprint density at radius 3 is 2.52 bits per heavy atom. The van der Waals surface area contributed by atoms with E-state index in [4.69, 9.17) is 5.14 Å². The van der Waals surface area contributed by atoms with E-state index in [9.17, 15) is 13.7 Å². The van der Waals surface area contributed by atoms with Crippen LogP contribution in [0.25, 0.3) is 0 Å². The average Bonchev–Trinajstić information content (AvgIpc) is 3.15. The number of nitrogens with two attached hydrogens (primary N) is 1. The first-order valence-corrected chi connectivity index (χ1v) is 10.8. The van der Waals surface area contributed by atoms with Crippen LogP contribution in [0.5, 0.6) is 5.75 Å². The fourth-order valence-corrected chi connectivity index (χ4v) is 3.89. The lowest BCUT2D eigenvalue weighted by molar-refractivity contribution is 0.487. The van der Waals surface area contributed by atoms with Crippen molar-refractivity contribution in [2.24, 2.45) is 5.14 Å². The molecule has 29 heavy (non-hydrogen) atoms. The Bertz CT molecular complexity index is 1140. The summed E-state index contributed by atoms with van der Waals surface area (Å²) in [5.41, 5.74) is 1.24. The fourth-order valence-electron chi connectivity index (χ4n) is 2.57. The first kappa shape index (κ1) is 20.9.